The summed E-state index contributed by atoms with van der Waals surface area (Å²) in [6.45, 7) is 4.47. The molecule has 0 saturated heterocycles. The number of benzene rings is 1. The lowest BCUT2D eigenvalue weighted by atomic mass is 10.0. The maximum atomic E-state index is 12.3. The largest absolute Gasteiger partial charge is 0.490 e. The normalized spacial score (nSPS) is 16.3. The molecule has 0 aliphatic carbocycles. The number of ether oxygens (including phenoxy) is 1. The number of aliphatic carboxylic acids is 1. The molecule has 0 saturated carbocycles. The third-order valence-corrected chi connectivity index (χ3v) is 3.20. The lowest BCUT2D eigenvalue weighted by Gasteiger charge is -2.21. The fourth-order valence-electron chi connectivity index (χ4n) is 2.07. The van der Waals surface area contributed by atoms with Crippen LogP contribution in [-0.2, 0) is 4.79 Å². The summed E-state index contributed by atoms with van der Waals surface area (Å²) in [6, 6.07) is 3.84. The summed E-state index contributed by atoms with van der Waals surface area (Å²) in [5.41, 5.74) is 1.32. The maximum Gasteiger partial charge on any atom is 0.320 e. The number of ketones is 1. The van der Waals surface area contributed by atoms with Gasteiger partial charge in [0.1, 0.15) is 18.4 Å². The number of fused-ring (bicyclic) bond motifs is 1. The zero-order valence-corrected chi connectivity index (χ0v) is 11.5. The van der Waals surface area contributed by atoms with E-state index in [1.807, 2.05) is 0 Å². The summed E-state index contributed by atoms with van der Waals surface area (Å²) in [7, 11) is 0. The van der Waals surface area contributed by atoms with Crippen molar-refractivity contribution >= 4 is 17.4 Å². The van der Waals surface area contributed by atoms with Crippen molar-refractivity contribution in [1.82, 2.24) is 5.32 Å². The van der Waals surface area contributed by atoms with Crippen LogP contribution in [0.15, 0.2) is 18.2 Å². The number of hydrogen-bond donors (Lipinski definition) is 3. The summed E-state index contributed by atoms with van der Waals surface area (Å²) in [6.07, 6.45) is 0. The molecule has 0 fully saturated rings. The first-order valence-electron chi connectivity index (χ1n) is 6.53. The highest BCUT2D eigenvalue weighted by molar-refractivity contribution is 6.01. The van der Waals surface area contributed by atoms with Crippen LogP contribution in [-0.4, -0.2) is 42.1 Å². The molecule has 2 rings (SSSR count). The zero-order chi connectivity index (χ0) is 14.7. The van der Waals surface area contributed by atoms with Crippen molar-refractivity contribution in [3.8, 4) is 5.75 Å². The topological polar surface area (TPSA) is 87.7 Å². The van der Waals surface area contributed by atoms with Crippen LogP contribution in [0.4, 0.5) is 5.69 Å². The number of carboxylic acids is 1. The van der Waals surface area contributed by atoms with Gasteiger partial charge in [-0.1, -0.05) is 0 Å². The van der Waals surface area contributed by atoms with Crippen molar-refractivity contribution in [2.45, 2.75) is 25.9 Å². The van der Waals surface area contributed by atoms with E-state index >= 15 is 0 Å². The van der Waals surface area contributed by atoms with E-state index in [9.17, 15) is 9.59 Å². The standard InChI is InChI=1S/C14H18N2O4/c1-8(16-9(2)14(18)19)13(17)10-3-4-12-11(7-10)15-5-6-20-12/h3-4,7-9,15-16H,5-6H2,1-2H3,(H,18,19). The third-order valence-electron chi connectivity index (χ3n) is 3.20. The fourth-order valence-corrected chi connectivity index (χ4v) is 2.07. The van der Waals surface area contributed by atoms with Crippen molar-refractivity contribution in [3.63, 3.8) is 0 Å². The lowest BCUT2D eigenvalue weighted by Crippen LogP contribution is -2.43. The molecule has 2 unspecified atom stereocenters. The van der Waals surface area contributed by atoms with Crippen LogP contribution < -0.4 is 15.4 Å². The minimum absolute atomic E-state index is 0.145. The highest BCUT2D eigenvalue weighted by Crippen LogP contribution is 2.28. The Balaban J connectivity index is 2.10. The summed E-state index contributed by atoms with van der Waals surface area (Å²) >= 11 is 0. The number of anilines is 1. The quantitative estimate of drug-likeness (QED) is 0.700. The van der Waals surface area contributed by atoms with E-state index < -0.39 is 18.1 Å². The van der Waals surface area contributed by atoms with Crippen LogP contribution in [0.5, 0.6) is 5.75 Å². The molecule has 2 atom stereocenters. The Morgan fingerprint density at radius 3 is 2.80 bits per heavy atom. The van der Waals surface area contributed by atoms with Crippen LogP contribution in [0.25, 0.3) is 0 Å². The first-order valence-corrected chi connectivity index (χ1v) is 6.53. The lowest BCUT2D eigenvalue weighted by molar-refractivity contribution is -0.139. The summed E-state index contributed by atoms with van der Waals surface area (Å²) < 4.78 is 5.45. The molecule has 3 N–H and O–H groups in total. The van der Waals surface area contributed by atoms with Crippen molar-refractivity contribution in [1.29, 1.82) is 0 Å². The monoisotopic (exact) mass is 278 g/mol. The number of carbonyl (C=O) groups is 2. The van der Waals surface area contributed by atoms with Gasteiger partial charge in [0.2, 0.25) is 0 Å². The number of carboxylic acid groups (broad SMARTS) is 1. The van der Waals surface area contributed by atoms with Gasteiger partial charge in [0, 0.05) is 12.1 Å². The van der Waals surface area contributed by atoms with E-state index in [-0.39, 0.29) is 5.78 Å². The second kappa shape index (κ2) is 5.92. The van der Waals surface area contributed by atoms with E-state index in [1.54, 1.807) is 25.1 Å². The molecule has 1 aromatic carbocycles. The van der Waals surface area contributed by atoms with Crippen LogP contribution in [0.3, 0.4) is 0 Å². The highest BCUT2D eigenvalue weighted by atomic mass is 16.5. The molecule has 1 aliphatic heterocycles. The Bertz CT molecular complexity index is 530. The van der Waals surface area contributed by atoms with Gasteiger partial charge >= 0.3 is 5.97 Å². The number of carbonyl (C=O) groups excluding carboxylic acids is 1. The molecule has 1 heterocycles. The molecular formula is C14H18N2O4. The first kappa shape index (κ1) is 14.3. The molecule has 0 bridgehead atoms. The molecular weight excluding hydrogens is 260 g/mol. The Morgan fingerprint density at radius 2 is 2.10 bits per heavy atom. The SMILES string of the molecule is CC(NC(C)C(=O)c1ccc2c(c1)NCCO2)C(=O)O. The van der Waals surface area contributed by atoms with Crippen molar-refractivity contribution < 1.29 is 19.4 Å². The number of rotatable bonds is 5. The van der Waals surface area contributed by atoms with Crippen molar-refractivity contribution in [2.24, 2.45) is 0 Å². The van der Waals surface area contributed by atoms with Crippen LogP contribution in [0.1, 0.15) is 24.2 Å². The molecule has 0 aromatic heterocycles. The van der Waals surface area contributed by atoms with E-state index in [2.05, 4.69) is 10.6 Å². The van der Waals surface area contributed by atoms with Gasteiger partial charge < -0.3 is 15.2 Å². The van der Waals surface area contributed by atoms with Crippen LogP contribution in [0, 0.1) is 0 Å². The van der Waals surface area contributed by atoms with Gasteiger partial charge in [-0.3, -0.25) is 14.9 Å². The van der Waals surface area contributed by atoms with Crippen molar-refractivity contribution in [2.75, 3.05) is 18.5 Å². The zero-order valence-electron chi connectivity index (χ0n) is 11.5. The Hall–Kier alpha value is -2.08. The maximum absolute atomic E-state index is 12.3. The molecule has 6 nitrogen and oxygen atoms in total. The molecule has 20 heavy (non-hydrogen) atoms. The molecule has 108 valence electrons. The highest BCUT2D eigenvalue weighted by Gasteiger charge is 2.21. The fraction of sp³-hybridized carbons (Fsp3) is 0.429. The molecule has 0 amide bonds. The van der Waals surface area contributed by atoms with Crippen molar-refractivity contribution in [3.05, 3.63) is 23.8 Å². The minimum atomic E-state index is -0.981. The number of hydrogen-bond acceptors (Lipinski definition) is 5. The molecule has 0 spiro atoms. The summed E-state index contributed by atoms with van der Waals surface area (Å²) in [5, 5.41) is 14.8. The van der Waals surface area contributed by atoms with E-state index in [4.69, 9.17) is 9.84 Å². The first-order chi connectivity index (χ1) is 9.49. The predicted octanol–water partition coefficient (Wildman–Crippen LogP) is 1.12. The molecule has 6 heteroatoms. The van der Waals surface area contributed by atoms with Gasteiger partial charge in [-0.25, -0.2) is 0 Å². The smallest absolute Gasteiger partial charge is 0.320 e. The summed E-state index contributed by atoms with van der Waals surface area (Å²) in [5.74, 6) is -0.397. The van der Waals surface area contributed by atoms with E-state index in [1.165, 1.54) is 6.92 Å². The average Bonchev–Trinajstić information content (AvgIpc) is 2.45. The van der Waals surface area contributed by atoms with Crippen LogP contribution >= 0.6 is 0 Å². The van der Waals surface area contributed by atoms with Gasteiger partial charge in [-0.05, 0) is 32.0 Å². The Labute approximate surface area is 117 Å². The van der Waals surface area contributed by atoms with Gasteiger partial charge in [-0.2, -0.15) is 0 Å². The van der Waals surface area contributed by atoms with Crippen LogP contribution in [0.2, 0.25) is 0 Å². The van der Waals surface area contributed by atoms with E-state index in [0.717, 1.165) is 11.4 Å². The third kappa shape index (κ3) is 3.08. The Kier molecular flexibility index (Phi) is 4.24. The van der Waals surface area contributed by atoms with Gasteiger partial charge in [0.15, 0.2) is 5.78 Å². The Morgan fingerprint density at radius 1 is 1.35 bits per heavy atom. The molecule has 1 aromatic rings. The van der Waals surface area contributed by atoms with E-state index in [0.29, 0.717) is 18.7 Å². The van der Waals surface area contributed by atoms with Gasteiger partial charge in [0.05, 0.1) is 11.7 Å². The minimum Gasteiger partial charge on any atom is -0.490 e. The van der Waals surface area contributed by atoms with Gasteiger partial charge in [0.25, 0.3) is 0 Å². The summed E-state index contributed by atoms with van der Waals surface area (Å²) in [4.78, 5) is 23.0. The molecule has 1 aliphatic rings. The second-order valence-corrected chi connectivity index (χ2v) is 4.80. The molecule has 0 radical (unpaired) electrons. The number of nitrogens with one attached hydrogen (secondary N) is 2. The second-order valence-electron chi connectivity index (χ2n) is 4.80. The number of Topliss-reactive ketones (excluding diaryl/α,β-unsaturated/α-hetero) is 1. The predicted molar refractivity (Wildman–Crippen MR) is 74.5 cm³/mol. The average molecular weight is 278 g/mol. The van der Waals surface area contributed by atoms with Gasteiger partial charge in [-0.15, -0.1) is 0 Å².